The van der Waals surface area contributed by atoms with Crippen molar-refractivity contribution >= 4 is 12.0 Å². The van der Waals surface area contributed by atoms with Crippen LogP contribution in [-0.2, 0) is 9.53 Å². The minimum absolute atomic E-state index is 0.292. The molecule has 1 heterocycles. The van der Waals surface area contributed by atoms with Gasteiger partial charge in [-0.1, -0.05) is 12.8 Å². The largest absolute Gasteiger partial charge is 0.480 e. The second kappa shape index (κ2) is 6.43. The third-order valence-electron chi connectivity index (χ3n) is 4.35. The van der Waals surface area contributed by atoms with E-state index in [1.54, 1.807) is 11.9 Å². The van der Waals surface area contributed by atoms with Crippen molar-refractivity contribution in [3.8, 4) is 0 Å². The molecule has 1 saturated heterocycles. The number of aliphatic carboxylic acids is 1. The van der Waals surface area contributed by atoms with Crippen molar-refractivity contribution in [2.75, 3.05) is 26.8 Å². The summed E-state index contributed by atoms with van der Waals surface area (Å²) in [6.45, 7) is 2.10. The first kappa shape index (κ1) is 15.1. The van der Waals surface area contributed by atoms with Gasteiger partial charge in [-0.15, -0.1) is 0 Å². The Morgan fingerprint density at radius 2 is 2.05 bits per heavy atom. The molecule has 1 aliphatic heterocycles. The van der Waals surface area contributed by atoms with Gasteiger partial charge in [0, 0.05) is 26.1 Å². The summed E-state index contributed by atoms with van der Waals surface area (Å²) in [6.07, 6.45) is 4.84. The van der Waals surface area contributed by atoms with Crippen molar-refractivity contribution in [3.63, 3.8) is 0 Å². The number of carboxylic acid groups (broad SMARTS) is 1. The van der Waals surface area contributed by atoms with Gasteiger partial charge < -0.3 is 20.1 Å². The van der Waals surface area contributed by atoms with E-state index >= 15 is 0 Å². The summed E-state index contributed by atoms with van der Waals surface area (Å²) >= 11 is 0. The van der Waals surface area contributed by atoms with Crippen molar-refractivity contribution < 1.29 is 19.4 Å². The SMILES string of the molecule is CN(CC1CCCOC1)C(=O)NC1(C(=O)O)CCCC1. The maximum absolute atomic E-state index is 12.2. The fourth-order valence-corrected chi connectivity index (χ4v) is 3.09. The molecule has 20 heavy (non-hydrogen) atoms. The molecular formula is C14H24N2O4. The van der Waals surface area contributed by atoms with Gasteiger partial charge >= 0.3 is 12.0 Å². The number of nitrogens with one attached hydrogen (secondary N) is 1. The van der Waals surface area contributed by atoms with Crippen LogP contribution in [0.4, 0.5) is 4.79 Å². The number of carbonyl (C=O) groups is 2. The molecule has 0 spiro atoms. The topological polar surface area (TPSA) is 78.9 Å². The number of nitrogens with zero attached hydrogens (tertiary/aromatic N) is 1. The number of hydrogen-bond donors (Lipinski definition) is 2. The molecule has 1 saturated carbocycles. The highest BCUT2D eigenvalue weighted by Gasteiger charge is 2.43. The van der Waals surface area contributed by atoms with Crippen LogP contribution in [0.25, 0.3) is 0 Å². The molecule has 6 nitrogen and oxygen atoms in total. The molecule has 0 radical (unpaired) electrons. The normalized spacial score (nSPS) is 25.1. The first-order valence-electron chi connectivity index (χ1n) is 7.38. The molecule has 2 aliphatic rings. The van der Waals surface area contributed by atoms with Crippen LogP contribution in [0.15, 0.2) is 0 Å². The molecule has 2 fully saturated rings. The van der Waals surface area contributed by atoms with Crippen LogP contribution in [0, 0.1) is 5.92 Å². The van der Waals surface area contributed by atoms with Crippen LogP contribution in [0.2, 0.25) is 0 Å². The van der Waals surface area contributed by atoms with Crippen molar-refractivity contribution in [3.05, 3.63) is 0 Å². The van der Waals surface area contributed by atoms with Crippen molar-refractivity contribution in [2.45, 2.75) is 44.1 Å². The lowest BCUT2D eigenvalue weighted by molar-refractivity contribution is -0.144. The summed E-state index contributed by atoms with van der Waals surface area (Å²) in [6, 6.07) is -0.292. The van der Waals surface area contributed by atoms with Gasteiger partial charge in [-0.3, -0.25) is 0 Å². The number of carbonyl (C=O) groups excluding carboxylic acids is 1. The molecule has 2 N–H and O–H groups in total. The molecule has 114 valence electrons. The smallest absolute Gasteiger partial charge is 0.329 e. The number of rotatable bonds is 4. The summed E-state index contributed by atoms with van der Waals surface area (Å²) in [5.74, 6) is -0.568. The fourth-order valence-electron chi connectivity index (χ4n) is 3.09. The van der Waals surface area contributed by atoms with Crippen LogP contribution >= 0.6 is 0 Å². The molecule has 2 rings (SSSR count). The van der Waals surface area contributed by atoms with Gasteiger partial charge in [0.15, 0.2) is 0 Å². The van der Waals surface area contributed by atoms with Gasteiger partial charge in [0.05, 0.1) is 6.61 Å². The number of hydrogen-bond acceptors (Lipinski definition) is 3. The third kappa shape index (κ3) is 3.42. The Bertz CT molecular complexity index is 360. The number of carboxylic acids is 1. The van der Waals surface area contributed by atoms with Crippen molar-refractivity contribution in [2.24, 2.45) is 5.92 Å². The zero-order valence-electron chi connectivity index (χ0n) is 12.1. The highest BCUT2D eigenvalue weighted by molar-refractivity contribution is 5.86. The Kier molecular flexibility index (Phi) is 4.86. The van der Waals surface area contributed by atoms with Crippen molar-refractivity contribution in [1.29, 1.82) is 0 Å². The summed E-state index contributed by atoms with van der Waals surface area (Å²) in [4.78, 5) is 25.2. The number of ether oxygens (including phenoxy) is 1. The van der Waals surface area contributed by atoms with Crippen molar-refractivity contribution in [1.82, 2.24) is 10.2 Å². The lowest BCUT2D eigenvalue weighted by Gasteiger charge is -2.31. The fraction of sp³-hybridized carbons (Fsp3) is 0.857. The average molecular weight is 284 g/mol. The van der Waals surface area contributed by atoms with Gasteiger partial charge in [0.2, 0.25) is 0 Å². The lowest BCUT2D eigenvalue weighted by Crippen LogP contribution is -2.56. The van der Waals surface area contributed by atoms with Gasteiger partial charge in [0.1, 0.15) is 5.54 Å². The zero-order chi connectivity index (χ0) is 14.6. The summed E-state index contributed by atoms with van der Waals surface area (Å²) in [5, 5.41) is 12.1. The molecule has 1 unspecified atom stereocenters. The van der Waals surface area contributed by atoms with Crippen LogP contribution in [0.1, 0.15) is 38.5 Å². The Morgan fingerprint density at radius 3 is 2.60 bits per heavy atom. The first-order valence-corrected chi connectivity index (χ1v) is 7.38. The second-order valence-corrected chi connectivity index (χ2v) is 5.99. The first-order chi connectivity index (χ1) is 9.53. The van der Waals surface area contributed by atoms with E-state index in [0.717, 1.165) is 32.3 Å². The predicted octanol–water partition coefficient (Wildman–Crippen LogP) is 1.45. The van der Waals surface area contributed by atoms with Gasteiger partial charge in [-0.2, -0.15) is 0 Å². The highest BCUT2D eigenvalue weighted by Crippen LogP contribution is 2.30. The lowest BCUT2D eigenvalue weighted by atomic mass is 9.98. The van der Waals surface area contributed by atoms with E-state index in [-0.39, 0.29) is 6.03 Å². The van der Waals surface area contributed by atoms with Crippen LogP contribution in [0.5, 0.6) is 0 Å². The number of urea groups is 1. The molecule has 0 aromatic rings. The molecule has 1 aliphatic carbocycles. The molecule has 6 heteroatoms. The maximum atomic E-state index is 12.2. The standard InChI is InChI=1S/C14H24N2O4/c1-16(9-11-5-4-8-20-10-11)13(19)15-14(12(17)18)6-2-3-7-14/h11H,2-10H2,1H3,(H,15,19)(H,17,18). The van der Waals surface area contributed by atoms with E-state index in [0.29, 0.717) is 31.9 Å². The summed E-state index contributed by atoms with van der Waals surface area (Å²) in [7, 11) is 1.72. The van der Waals surface area contributed by atoms with E-state index in [1.165, 1.54) is 0 Å². The van der Waals surface area contributed by atoms with Gasteiger partial charge in [0.25, 0.3) is 0 Å². The predicted molar refractivity (Wildman–Crippen MR) is 73.5 cm³/mol. The van der Waals surface area contributed by atoms with Crippen LogP contribution in [0.3, 0.4) is 0 Å². The summed E-state index contributed by atoms with van der Waals surface area (Å²) in [5.41, 5.74) is -1.06. The molecule has 2 amide bonds. The Hall–Kier alpha value is -1.30. The van der Waals surface area contributed by atoms with Crippen LogP contribution in [-0.4, -0.2) is 54.4 Å². The van der Waals surface area contributed by atoms with Gasteiger partial charge in [-0.05, 0) is 25.7 Å². The van der Waals surface area contributed by atoms with E-state index < -0.39 is 11.5 Å². The van der Waals surface area contributed by atoms with E-state index in [9.17, 15) is 14.7 Å². The maximum Gasteiger partial charge on any atom is 0.329 e. The van der Waals surface area contributed by atoms with E-state index in [1.807, 2.05) is 0 Å². The Balaban J connectivity index is 1.87. The Morgan fingerprint density at radius 1 is 1.35 bits per heavy atom. The molecule has 1 atom stereocenters. The highest BCUT2D eigenvalue weighted by atomic mass is 16.5. The molecular weight excluding hydrogens is 260 g/mol. The quantitative estimate of drug-likeness (QED) is 0.819. The zero-order valence-corrected chi connectivity index (χ0v) is 12.1. The second-order valence-electron chi connectivity index (χ2n) is 5.99. The third-order valence-corrected chi connectivity index (χ3v) is 4.35. The minimum atomic E-state index is -1.06. The van der Waals surface area contributed by atoms with Gasteiger partial charge in [-0.25, -0.2) is 9.59 Å². The average Bonchev–Trinajstić information content (AvgIpc) is 2.89. The minimum Gasteiger partial charge on any atom is -0.480 e. The molecule has 0 aromatic carbocycles. The number of amides is 2. The van der Waals surface area contributed by atoms with Crippen LogP contribution < -0.4 is 5.32 Å². The molecule has 0 aromatic heterocycles. The van der Waals surface area contributed by atoms with E-state index in [2.05, 4.69) is 5.32 Å². The summed E-state index contributed by atoms with van der Waals surface area (Å²) < 4.78 is 5.40. The monoisotopic (exact) mass is 284 g/mol. The van der Waals surface area contributed by atoms with E-state index in [4.69, 9.17) is 4.74 Å². The molecule has 0 bridgehead atoms. The Labute approximate surface area is 119 Å².